The average molecular weight is 469 g/mol. The first kappa shape index (κ1) is 25.2. The molecule has 0 bridgehead atoms. The number of ether oxygens (including phenoxy) is 2. The van der Waals surface area contributed by atoms with E-state index < -0.39 is 0 Å². The van der Waals surface area contributed by atoms with E-state index in [0.717, 1.165) is 23.2 Å². The summed E-state index contributed by atoms with van der Waals surface area (Å²) in [7, 11) is 1.61. The number of hydrogen-bond donors (Lipinski definition) is 1. The van der Waals surface area contributed by atoms with E-state index in [-0.39, 0.29) is 11.8 Å². The van der Waals surface area contributed by atoms with Crippen molar-refractivity contribution in [2.24, 2.45) is 0 Å². The highest BCUT2D eigenvalue weighted by atomic mass is 19.1. The number of methoxy groups -OCH3 is 1. The van der Waals surface area contributed by atoms with Crippen LogP contribution in [0.3, 0.4) is 0 Å². The predicted molar refractivity (Wildman–Crippen MR) is 130 cm³/mol. The fraction of sp³-hybridized carbons (Fsp3) is 0.385. The Kier molecular flexibility index (Phi) is 9.04. The first-order valence-electron chi connectivity index (χ1n) is 11.6. The minimum Gasteiger partial charge on any atom is -0.439 e. The minimum absolute atomic E-state index is 0.169. The average Bonchev–Trinajstić information content (AvgIpc) is 3.17. The molecule has 8 heteroatoms. The molecular weight excluding hydrogens is 435 g/mol. The van der Waals surface area contributed by atoms with Crippen LogP contribution in [0.15, 0.2) is 48.5 Å². The number of carbonyl (C=O) groups excluding carboxylic acids is 1. The number of carbonyl (C=O) groups is 1. The topological polar surface area (TPSA) is 68.6 Å². The number of rotatable bonds is 11. The molecule has 3 aromatic rings. The van der Waals surface area contributed by atoms with Gasteiger partial charge in [-0.25, -0.2) is 13.9 Å². The zero-order valence-corrected chi connectivity index (χ0v) is 20.3. The van der Waals surface area contributed by atoms with Crippen LogP contribution in [0.25, 0.3) is 5.69 Å². The largest absolute Gasteiger partial charge is 0.439 e. The second-order valence-electron chi connectivity index (χ2n) is 8.04. The lowest BCUT2D eigenvalue weighted by molar-refractivity contribution is 0.146. The number of aryl methyl sites for hydroxylation is 2. The van der Waals surface area contributed by atoms with Crippen molar-refractivity contribution in [2.45, 2.75) is 40.2 Å². The molecule has 34 heavy (non-hydrogen) atoms. The van der Waals surface area contributed by atoms with E-state index in [1.807, 2.05) is 45.0 Å². The van der Waals surface area contributed by atoms with E-state index in [4.69, 9.17) is 14.6 Å². The molecule has 7 nitrogen and oxygen atoms in total. The lowest BCUT2D eigenvalue weighted by Crippen LogP contribution is -2.41. The maximum atomic E-state index is 13.6. The van der Waals surface area contributed by atoms with Gasteiger partial charge >= 0.3 is 6.03 Å². The van der Waals surface area contributed by atoms with Crippen molar-refractivity contribution in [2.75, 3.05) is 26.8 Å². The molecule has 0 unspecified atom stereocenters. The fourth-order valence-corrected chi connectivity index (χ4v) is 3.56. The summed E-state index contributed by atoms with van der Waals surface area (Å²) in [5.41, 5.74) is 3.33. The molecular formula is C26H33FN4O3. The van der Waals surface area contributed by atoms with Crippen LogP contribution in [0.4, 0.5) is 9.18 Å². The third-order valence-electron chi connectivity index (χ3n) is 5.36. The van der Waals surface area contributed by atoms with Gasteiger partial charge in [-0.3, -0.25) is 0 Å². The van der Waals surface area contributed by atoms with Crippen molar-refractivity contribution in [1.29, 1.82) is 0 Å². The summed E-state index contributed by atoms with van der Waals surface area (Å²) in [6.45, 7) is 7.72. The fourth-order valence-electron chi connectivity index (χ4n) is 3.56. The second kappa shape index (κ2) is 12.2. The van der Waals surface area contributed by atoms with Crippen molar-refractivity contribution < 1.29 is 18.7 Å². The highest BCUT2D eigenvalue weighted by Gasteiger charge is 2.24. The number of nitrogens with one attached hydrogen (secondary N) is 1. The number of halogens is 1. The summed E-state index contributed by atoms with van der Waals surface area (Å²) < 4.78 is 26.9. The summed E-state index contributed by atoms with van der Waals surface area (Å²) in [5.74, 6) is 0.831. The molecule has 182 valence electrons. The molecule has 0 aliphatic heterocycles. The van der Waals surface area contributed by atoms with Gasteiger partial charge in [-0.1, -0.05) is 26.0 Å². The van der Waals surface area contributed by atoms with Gasteiger partial charge in [0.05, 0.1) is 30.1 Å². The van der Waals surface area contributed by atoms with Crippen LogP contribution in [-0.4, -0.2) is 47.5 Å². The molecule has 2 aromatic carbocycles. The van der Waals surface area contributed by atoms with Crippen LogP contribution in [0.1, 0.15) is 37.1 Å². The molecule has 1 heterocycles. The lowest BCUT2D eigenvalue weighted by atomic mass is 10.2. The van der Waals surface area contributed by atoms with Gasteiger partial charge in [-0.15, -0.1) is 0 Å². The van der Waals surface area contributed by atoms with E-state index in [0.29, 0.717) is 50.0 Å². The van der Waals surface area contributed by atoms with E-state index >= 15 is 0 Å². The van der Waals surface area contributed by atoms with E-state index in [2.05, 4.69) is 5.32 Å². The molecule has 1 aromatic heterocycles. The van der Waals surface area contributed by atoms with Gasteiger partial charge in [0.15, 0.2) is 0 Å². The van der Waals surface area contributed by atoms with E-state index in [1.165, 1.54) is 12.1 Å². The Morgan fingerprint density at radius 2 is 1.94 bits per heavy atom. The predicted octanol–water partition coefficient (Wildman–Crippen LogP) is 5.24. The van der Waals surface area contributed by atoms with Gasteiger partial charge in [-0.2, -0.15) is 5.10 Å². The number of aromatic nitrogens is 2. The van der Waals surface area contributed by atoms with Gasteiger partial charge in [0.2, 0.25) is 5.88 Å². The first-order valence-corrected chi connectivity index (χ1v) is 11.6. The number of urea groups is 1. The maximum absolute atomic E-state index is 13.6. The molecule has 0 fully saturated rings. The smallest absolute Gasteiger partial charge is 0.317 e. The van der Waals surface area contributed by atoms with E-state index in [1.54, 1.807) is 28.8 Å². The van der Waals surface area contributed by atoms with E-state index in [9.17, 15) is 9.18 Å². The van der Waals surface area contributed by atoms with Crippen molar-refractivity contribution in [3.05, 3.63) is 71.2 Å². The van der Waals surface area contributed by atoms with Crippen LogP contribution in [0, 0.1) is 12.7 Å². The van der Waals surface area contributed by atoms with Crippen LogP contribution in [-0.2, 0) is 17.7 Å². The molecule has 3 rings (SSSR count). The monoisotopic (exact) mass is 468 g/mol. The van der Waals surface area contributed by atoms with Gasteiger partial charge in [-0.05, 0) is 61.7 Å². The Hall–Kier alpha value is -3.39. The third kappa shape index (κ3) is 6.35. The zero-order valence-electron chi connectivity index (χ0n) is 20.3. The highest BCUT2D eigenvalue weighted by molar-refractivity contribution is 5.74. The van der Waals surface area contributed by atoms with Crippen molar-refractivity contribution in [3.8, 4) is 17.3 Å². The van der Waals surface area contributed by atoms with Gasteiger partial charge in [0, 0.05) is 20.2 Å². The molecule has 0 atom stereocenters. The SMILES string of the molecule is CCCNC(=O)N(CCOC)Cc1c(CC)nn(-c2ccc(F)cc2)c1Oc1cccc(C)c1. The summed E-state index contributed by atoms with van der Waals surface area (Å²) in [6.07, 6.45) is 1.48. The molecule has 2 amide bonds. The molecule has 0 aliphatic rings. The Bertz CT molecular complexity index is 1080. The highest BCUT2D eigenvalue weighted by Crippen LogP contribution is 2.32. The number of amides is 2. The standard InChI is InChI=1S/C26H33FN4O3/c1-5-14-28-26(32)30(15-16-33-4)18-23-24(6-2)29-31(21-12-10-20(27)11-13-21)25(23)34-22-9-7-8-19(3)17-22/h7-13,17H,5-6,14-16,18H2,1-4H3,(H,28,32). The second-order valence-corrected chi connectivity index (χ2v) is 8.04. The zero-order chi connectivity index (χ0) is 24.5. The van der Waals surface area contributed by atoms with Gasteiger partial charge in [0.1, 0.15) is 11.6 Å². The first-order chi connectivity index (χ1) is 16.5. The van der Waals surface area contributed by atoms with Crippen molar-refractivity contribution in [1.82, 2.24) is 20.0 Å². The van der Waals surface area contributed by atoms with Crippen LogP contribution in [0.5, 0.6) is 11.6 Å². The Balaban J connectivity index is 2.07. The Morgan fingerprint density at radius 3 is 2.59 bits per heavy atom. The van der Waals surface area contributed by atoms with Crippen LogP contribution < -0.4 is 10.1 Å². The Labute approximate surface area is 200 Å². The summed E-state index contributed by atoms with van der Waals surface area (Å²) in [4.78, 5) is 14.6. The maximum Gasteiger partial charge on any atom is 0.317 e. The Morgan fingerprint density at radius 1 is 1.18 bits per heavy atom. The number of nitrogens with zero attached hydrogens (tertiary/aromatic N) is 3. The molecule has 0 aliphatic carbocycles. The molecule has 1 N–H and O–H groups in total. The van der Waals surface area contributed by atoms with Gasteiger partial charge in [0.25, 0.3) is 0 Å². The van der Waals surface area contributed by atoms with Crippen molar-refractivity contribution in [3.63, 3.8) is 0 Å². The molecule has 0 saturated carbocycles. The normalized spacial score (nSPS) is 10.9. The van der Waals surface area contributed by atoms with Gasteiger partial charge < -0.3 is 19.7 Å². The minimum atomic E-state index is -0.327. The van der Waals surface area contributed by atoms with Crippen molar-refractivity contribution >= 4 is 6.03 Å². The molecule has 0 spiro atoms. The number of benzene rings is 2. The molecule has 0 saturated heterocycles. The molecule has 0 radical (unpaired) electrons. The van der Waals surface area contributed by atoms with Crippen LogP contribution >= 0.6 is 0 Å². The summed E-state index contributed by atoms with van der Waals surface area (Å²) >= 11 is 0. The van der Waals surface area contributed by atoms with Crippen LogP contribution in [0.2, 0.25) is 0 Å². The number of hydrogen-bond acceptors (Lipinski definition) is 4. The lowest BCUT2D eigenvalue weighted by Gasteiger charge is -2.23. The third-order valence-corrected chi connectivity index (χ3v) is 5.36. The summed E-state index contributed by atoms with van der Waals surface area (Å²) in [5, 5.41) is 7.72. The quantitative estimate of drug-likeness (QED) is 0.418. The summed E-state index contributed by atoms with van der Waals surface area (Å²) in [6, 6.07) is 13.7.